The van der Waals surface area contributed by atoms with E-state index in [1.54, 1.807) is 6.07 Å². The highest BCUT2D eigenvalue weighted by Gasteiger charge is 2.43. The molecule has 0 saturated carbocycles. The van der Waals surface area contributed by atoms with Gasteiger partial charge >= 0.3 is 6.18 Å². The largest absolute Gasteiger partial charge is 0.416 e. The number of hydrogen-bond acceptors (Lipinski definition) is 3. The monoisotopic (exact) mass is 465 g/mol. The lowest BCUT2D eigenvalue weighted by Crippen LogP contribution is -2.61. The van der Waals surface area contributed by atoms with Crippen LogP contribution in [-0.2, 0) is 17.4 Å². The number of anilines is 2. The fourth-order valence-corrected chi connectivity index (χ4v) is 4.92. The molecule has 172 valence electrons. The van der Waals surface area contributed by atoms with Gasteiger partial charge in [-0.25, -0.2) is 0 Å². The number of benzene rings is 2. The number of nitrogens with zero attached hydrogens (tertiary/aromatic N) is 2. The van der Waals surface area contributed by atoms with E-state index in [2.05, 4.69) is 15.1 Å². The van der Waals surface area contributed by atoms with Crippen molar-refractivity contribution in [1.82, 2.24) is 5.32 Å². The number of amides is 1. The Bertz CT molecular complexity index is 995. The lowest BCUT2D eigenvalue weighted by molar-refractivity contribution is -0.137. The number of halogens is 4. The highest BCUT2D eigenvalue weighted by atomic mass is 35.5. The smallest absolute Gasteiger partial charge is 0.366 e. The summed E-state index contributed by atoms with van der Waals surface area (Å²) in [5.41, 5.74) is 1.60. The van der Waals surface area contributed by atoms with Crippen LogP contribution in [0.4, 0.5) is 24.5 Å². The molecule has 2 atom stereocenters. The van der Waals surface area contributed by atoms with Gasteiger partial charge in [0, 0.05) is 31.9 Å². The molecule has 0 unspecified atom stereocenters. The molecular formula is C24H27ClF3N3O. The second-order valence-electron chi connectivity index (χ2n) is 8.95. The molecule has 1 N–H and O–H groups in total. The number of para-hydroxylation sites is 1. The van der Waals surface area contributed by atoms with Crippen molar-refractivity contribution in [3.63, 3.8) is 0 Å². The molecule has 1 fully saturated rings. The van der Waals surface area contributed by atoms with Crippen LogP contribution in [0.2, 0.25) is 5.02 Å². The summed E-state index contributed by atoms with van der Waals surface area (Å²) < 4.78 is 40.0. The van der Waals surface area contributed by atoms with Crippen LogP contribution in [0.15, 0.2) is 42.5 Å². The number of rotatable bonds is 4. The average Bonchev–Trinajstić information content (AvgIpc) is 2.75. The van der Waals surface area contributed by atoms with Gasteiger partial charge in [-0.15, -0.1) is 0 Å². The van der Waals surface area contributed by atoms with Crippen molar-refractivity contribution in [3.05, 3.63) is 58.6 Å². The molecule has 4 nitrogen and oxygen atoms in total. The summed E-state index contributed by atoms with van der Waals surface area (Å²) in [5, 5.41) is 3.64. The number of carbonyl (C=O) groups is 1. The summed E-state index contributed by atoms with van der Waals surface area (Å²) in [6, 6.07) is 11.3. The maximum absolute atomic E-state index is 13.3. The lowest BCUT2D eigenvalue weighted by atomic mass is 9.82. The fraction of sp³-hybridized carbons (Fsp3) is 0.458. The van der Waals surface area contributed by atoms with Crippen molar-refractivity contribution < 1.29 is 18.0 Å². The summed E-state index contributed by atoms with van der Waals surface area (Å²) in [7, 11) is 0. The maximum atomic E-state index is 13.3. The standard InChI is InChI=1S/C24H27ClF3N3O/c1-15(2)13-29-23(32)18-12-16-11-17(24(26,27)28)7-8-20(16)31-10-9-30(14-22(18)31)21-6-4-3-5-19(21)25/h3-8,11,15,18,22H,9-10,12-14H2,1-2H3,(H,29,32)/t18-,22+/m0/s1. The zero-order valence-corrected chi connectivity index (χ0v) is 18.9. The Labute approximate surface area is 191 Å². The minimum atomic E-state index is -4.41. The molecule has 2 aromatic carbocycles. The van der Waals surface area contributed by atoms with Crippen molar-refractivity contribution >= 4 is 28.9 Å². The second kappa shape index (κ2) is 8.85. The first kappa shape index (κ1) is 22.8. The topological polar surface area (TPSA) is 35.6 Å². The second-order valence-corrected chi connectivity index (χ2v) is 9.36. The molecule has 2 aliphatic heterocycles. The van der Waals surface area contributed by atoms with E-state index in [4.69, 9.17) is 11.6 Å². The van der Waals surface area contributed by atoms with Crippen LogP contribution < -0.4 is 15.1 Å². The van der Waals surface area contributed by atoms with Crippen molar-refractivity contribution in [2.75, 3.05) is 36.0 Å². The third-order valence-corrected chi connectivity index (χ3v) is 6.57. The van der Waals surface area contributed by atoms with E-state index in [1.807, 2.05) is 38.1 Å². The van der Waals surface area contributed by atoms with Crippen molar-refractivity contribution in [2.45, 2.75) is 32.5 Å². The molecule has 0 aliphatic carbocycles. The Morgan fingerprint density at radius 1 is 1.16 bits per heavy atom. The predicted molar refractivity (Wildman–Crippen MR) is 121 cm³/mol. The zero-order valence-electron chi connectivity index (χ0n) is 18.1. The predicted octanol–water partition coefficient (Wildman–Crippen LogP) is 5.00. The zero-order chi connectivity index (χ0) is 23.0. The summed E-state index contributed by atoms with van der Waals surface area (Å²) >= 11 is 6.42. The van der Waals surface area contributed by atoms with E-state index in [-0.39, 0.29) is 24.3 Å². The molecule has 0 spiro atoms. The van der Waals surface area contributed by atoms with Crippen LogP contribution >= 0.6 is 11.6 Å². The van der Waals surface area contributed by atoms with Crippen LogP contribution in [0.5, 0.6) is 0 Å². The van der Waals surface area contributed by atoms with E-state index in [1.165, 1.54) is 6.07 Å². The van der Waals surface area contributed by atoms with Gasteiger partial charge < -0.3 is 15.1 Å². The Hall–Kier alpha value is -2.41. The first-order valence-electron chi connectivity index (χ1n) is 10.9. The molecule has 2 aliphatic rings. The van der Waals surface area contributed by atoms with Gasteiger partial charge in [-0.2, -0.15) is 13.2 Å². The summed E-state index contributed by atoms with van der Waals surface area (Å²) in [4.78, 5) is 17.4. The average molecular weight is 466 g/mol. The number of hydrogen-bond donors (Lipinski definition) is 1. The number of alkyl halides is 3. The molecule has 4 rings (SSSR count). The van der Waals surface area contributed by atoms with Gasteiger partial charge in [-0.1, -0.05) is 37.6 Å². The molecule has 0 radical (unpaired) electrons. The van der Waals surface area contributed by atoms with Crippen LogP contribution in [0.1, 0.15) is 25.0 Å². The van der Waals surface area contributed by atoms with Gasteiger partial charge in [0.2, 0.25) is 5.91 Å². The highest BCUT2D eigenvalue weighted by molar-refractivity contribution is 6.33. The first-order chi connectivity index (χ1) is 15.1. The SMILES string of the molecule is CC(C)CNC(=O)[C@H]1Cc2cc(C(F)(F)F)ccc2N2CCN(c3ccccc3Cl)C[C@H]12. The van der Waals surface area contributed by atoms with Gasteiger partial charge in [-0.3, -0.25) is 4.79 Å². The summed E-state index contributed by atoms with van der Waals surface area (Å²) in [6.45, 7) is 6.40. The van der Waals surface area contributed by atoms with E-state index in [0.29, 0.717) is 36.8 Å². The summed E-state index contributed by atoms with van der Waals surface area (Å²) in [5.74, 6) is -0.276. The minimum absolute atomic E-state index is 0.113. The normalized spacial score (nSPS) is 20.7. The molecule has 1 amide bonds. The van der Waals surface area contributed by atoms with E-state index >= 15 is 0 Å². The molecule has 2 heterocycles. The lowest BCUT2D eigenvalue weighted by Gasteiger charge is -2.50. The third kappa shape index (κ3) is 4.53. The third-order valence-electron chi connectivity index (χ3n) is 6.25. The van der Waals surface area contributed by atoms with Crippen LogP contribution in [-0.4, -0.2) is 38.1 Å². The highest BCUT2D eigenvalue weighted by Crippen LogP contribution is 2.40. The van der Waals surface area contributed by atoms with E-state index in [9.17, 15) is 18.0 Å². The van der Waals surface area contributed by atoms with Gasteiger partial charge in [0.25, 0.3) is 0 Å². The molecule has 0 bridgehead atoms. The first-order valence-corrected chi connectivity index (χ1v) is 11.3. The molecule has 2 aromatic rings. The van der Waals surface area contributed by atoms with Gasteiger partial charge in [0.05, 0.1) is 28.2 Å². The number of piperazine rings is 1. The molecular weight excluding hydrogens is 439 g/mol. The fourth-order valence-electron chi connectivity index (χ4n) is 4.66. The minimum Gasteiger partial charge on any atom is -0.366 e. The van der Waals surface area contributed by atoms with Crippen LogP contribution in [0.25, 0.3) is 0 Å². The van der Waals surface area contributed by atoms with Crippen LogP contribution in [0, 0.1) is 11.8 Å². The van der Waals surface area contributed by atoms with E-state index in [0.717, 1.165) is 17.4 Å². The Kier molecular flexibility index (Phi) is 6.30. The number of fused-ring (bicyclic) bond motifs is 3. The molecule has 1 saturated heterocycles. The number of carbonyl (C=O) groups excluding carboxylic acids is 1. The summed E-state index contributed by atoms with van der Waals surface area (Å²) in [6.07, 6.45) is -4.13. The van der Waals surface area contributed by atoms with Gasteiger partial charge in [-0.05, 0) is 48.2 Å². The molecule has 32 heavy (non-hydrogen) atoms. The Morgan fingerprint density at radius 3 is 2.59 bits per heavy atom. The number of nitrogens with one attached hydrogen (secondary N) is 1. The quantitative estimate of drug-likeness (QED) is 0.690. The van der Waals surface area contributed by atoms with Crippen molar-refractivity contribution in [2.24, 2.45) is 11.8 Å². The van der Waals surface area contributed by atoms with Crippen LogP contribution in [0.3, 0.4) is 0 Å². The maximum Gasteiger partial charge on any atom is 0.416 e. The van der Waals surface area contributed by atoms with Crippen molar-refractivity contribution in [1.29, 1.82) is 0 Å². The van der Waals surface area contributed by atoms with Crippen molar-refractivity contribution in [3.8, 4) is 0 Å². The van der Waals surface area contributed by atoms with Gasteiger partial charge in [0.1, 0.15) is 0 Å². The van der Waals surface area contributed by atoms with E-state index < -0.39 is 17.7 Å². The molecule has 0 aromatic heterocycles. The van der Waals surface area contributed by atoms with Gasteiger partial charge in [0.15, 0.2) is 0 Å². The Morgan fingerprint density at radius 2 is 1.91 bits per heavy atom. The molecule has 8 heteroatoms. The Balaban J connectivity index is 1.68.